The predicted octanol–water partition coefficient (Wildman–Crippen LogP) is 3.93. The summed E-state index contributed by atoms with van der Waals surface area (Å²) in [6.07, 6.45) is 3.86. The number of unbranched alkanes of at least 4 members (excludes halogenated alkanes) is 3. The van der Waals surface area contributed by atoms with Crippen LogP contribution in [0.5, 0.6) is 5.75 Å². The third-order valence-electron chi connectivity index (χ3n) is 4.41. The van der Waals surface area contributed by atoms with Crippen LogP contribution in [0.4, 0.5) is 0 Å². The van der Waals surface area contributed by atoms with Crippen molar-refractivity contribution in [3.8, 4) is 5.75 Å². The first-order valence-corrected chi connectivity index (χ1v) is 10.1. The molecule has 0 saturated carbocycles. The number of aliphatic hydroxyl groups is 1. The van der Waals surface area contributed by atoms with Gasteiger partial charge in [-0.25, -0.2) is 4.79 Å². The zero-order valence-corrected chi connectivity index (χ0v) is 18.0. The SMILES string of the molecule is C=C(CC(=O)O)C(=O)OCC(CCCCCC)Oc1ccc(C(=O)C(C)(C)O)cc1. The number of ether oxygens (including phenoxy) is 2. The van der Waals surface area contributed by atoms with E-state index in [0.29, 0.717) is 17.7 Å². The van der Waals surface area contributed by atoms with Crippen LogP contribution in [-0.2, 0) is 14.3 Å². The molecule has 0 aromatic heterocycles. The lowest BCUT2D eigenvalue weighted by atomic mass is 9.97. The van der Waals surface area contributed by atoms with E-state index in [-0.39, 0.29) is 12.2 Å². The normalized spacial score (nSPS) is 12.1. The Morgan fingerprint density at radius 1 is 1.10 bits per heavy atom. The van der Waals surface area contributed by atoms with Crippen LogP contribution in [0.1, 0.15) is 69.7 Å². The number of Topliss-reactive ketones (excluding diaryl/α,β-unsaturated/α-hetero) is 1. The highest BCUT2D eigenvalue weighted by molar-refractivity contribution is 6.01. The number of ketones is 1. The molecule has 30 heavy (non-hydrogen) atoms. The molecule has 2 N–H and O–H groups in total. The van der Waals surface area contributed by atoms with E-state index in [2.05, 4.69) is 13.5 Å². The molecule has 0 radical (unpaired) electrons. The Kier molecular flexibility index (Phi) is 10.3. The van der Waals surface area contributed by atoms with Crippen molar-refractivity contribution in [1.82, 2.24) is 0 Å². The third-order valence-corrected chi connectivity index (χ3v) is 4.41. The molecule has 166 valence electrons. The smallest absolute Gasteiger partial charge is 0.334 e. The molecule has 0 fully saturated rings. The molecule has 0 saturated heterocycles. The van der Waals surface area contributed by atoms with E-state index in [9.17, 15) is 19.5 Å². The fourth-order valence-corrected chi connectivity index (χ4v) is 2.73. The summed E-state index contributed by atoms with van der Waals surface area (Å²) in [4.78, 5) is 34.7. The molecule has 7 nitrogen and oxygen atoms in total. The van der Waals surface area contributed by atoms with Gasteiger partial charge in [-0.3, -0.25) is 9.59 Å². The molecule has 0 aliphatic rings. The van der Waals surface area contributed by atoms with Gasteiger partial charge in [0.15, 0.2) is 5.78 Å². The van der Waals surface area contributed by atoms with Crippen LogP contribution in [0.25, 0.3) is 0 Å². The molecule has 1 aromatic rings. The number of benzene rings is 1. The summed E-state index contributed by atoms with van der Waals surface area (Å²) in [5.41, 5.74) is -1.22. The number of aliphatic carboxylic acids is 1. The summed E-state index contributed by atoms with van der Waals surface area (Å²) in [7, 11) is 0. The molecule has 0 spiro atoms. The van der Waals surface area contributed by atoms with Crippen LogP contribution in [0.3, 0.4) is 0 Å². The number of rotatable bonds is 14. The second-order valence-electron chi connectivity index (χ2n) is 7.77. The van der Waals surface area contributed by atoms with Crippen molar-refractivity contribution in [2.24, 2.45) is 0 Å². The molecule has 0 aliphatic carbocycles. The van der Waals surface area contributed by atoms with Gasteiger partial charge >= 0.3 is 11.9 Å². The van der Waals surface area contributed by atoms with Crippen molar-refractivity contribution >= 4 is 17.7 Å². The topological polar surface area (TPSA) is 110 Å². The number of carbonyl (C=O) groups is 3. The number of carboxylic acid groups (broad SMARTS) is 1. The molecule has 0 bridgehead atoms. The maximum atomic E-state index is 12.1. The predicted molar refractivity (Wildman–Crippen MR) is 113 cm³/mol. The van der Waals surface area contributed by atoms with Gasteiger partial charge in [-0.15, -0.1) is 0 Å². The highest BCUT2D eigenvalue weighted by Crippen LogP contribution is 2.20. The Hall–Kier alpha value is -2.67. The molecule has 1 unspecified atom stereocenters. The second kappa shape index (κ2) is 12.1. The van der Waals surface area contributed by atoms with E-state index in [1.165, 1.54) is 13.8 Å². The van der Waals surface area contributed by atoms with Crippen LogP contribution in [-0.4, -0.2) is 46.2 Å². The van der Waals surface area contributed by atoms with Gasteiger partial charge in [0, 0.05) is 11.1 Å². The average molecular weight is 421 g/mol. The molecular weight excluding hydrogens is 388 g/mol. The van der Waals surface area contributed by atoms with Gasteiger partial charge in [-0.1, -0.05) is 32.8 Å². The lowest BCUT2D eigenvalue weighted by Gasteiger charge is -2.20. The van der Waals surface area contributed by atoms with Gasteiger partial charge in [0.1, 0.15) is 24.1 Å². The summed E-state index contributed by atoms with van der Waals surface area (Å²) < 4.78 is 11.1. The Bertz CT molecular complexity index is 729. The van der Waals surface area contributed by atoms with Crippen molar-refractivity contribution in [3.63, 3.8) is 0 Å². The van der Waals surface area contributed by atoms with Gasteiger partial charge in [0.2, 0.25) is 0 Å². The lowest BCUT2D eigenvalue weighted by Crippen LogP contribution is -2.31. The highest BCUT2D eigenvalue weighted by atomic mass is 16.6. The maximum absolute atomic E-state index is 12.1. The third kappa shape index (κ3) is 9.22. The molecule has 0 amide bonds. The Morgan fingerprint density at radius 2 is 1.73 bits per heavy atom. The number of carbonyl (C=O) groups excluding carboxylic acids is 2. The Labute approximate surface area is 177 Å². The first-order chi connectivity index (χ1) is 14.0. The summed E-state index contributed by atoms with van der Waals surface area (Å²) in [5, 5.41) is 18.6. The average Bonchev–Trinajstić information content (AvgIpc) is 2.67. The van der Waals surface area contributed by atoms with Gasteiger partial charge in [0.25, 0.3) is 0 Å². The summed E-state index contributed by atoms with van der Waals surface area (Å²) >= 11 is 0. The van der Waals surface area contributed by atoms with Gasteiger partial charge in [-0.2, -0.15) is 0 Å². The van der Waals surface area contributed by atoms with Crippen molar-refractivity contribution in [2.75, 3.05) is 6.61 Å². The summed E-state index contributed by atoms with van der Waals surface area (Å²) in [6, 6.07) is 6.40. The van der Waals surface area contributed by atoms with Crippen molar-refractivity contribution in [2.45, 2.75) is 71.0 Å². The monoisotopic (exact) mass is 420 g/mol. The minimum Gasteiger partial charge on any atom is -0.487 e. The van der Waals surface area contributed by atoms with Gasteiger partial charge in [-0.05, 0) is 51.0 Å². The number of hydrogen-bond donors (Lipinski definition) is 2. The minimum atomic E-state index is -1.46. The number of carboxylic acids is 1. The van der Waals surface area contributed by atoms with E-state index >= 15 is 0 Å². The standard InChI is InChI=1S/C23H32O7/c1-5-6-7-8-9-19(15-29-22(27)16(2)14-20(24)25)30-18-12-10-17(11-13-18)21(26)23(3,4)28/h10-13,19,28H,2,5-9,14-15H2,1,3-4H3,(H,24,25). The molecule has 1 atom stereocenters. The fraction of sp³-hybridized carbons (Fsp3) is 0.522. The first-order valence-electron chi connectivity index (χ1n) is 10.1. The fourth-order valence-electron chi connectivity index (χ4n) is 2.73. The van der Waals surface area contributed by atoms with Gasteiger partial charge < -0.3 is 19.7 Å². The van der Waals surface area contributed by atoms with Crippen LogP contribution in [0, 0.1) is 0 Å². The van der Waals surface area contributed by atoms with E-state index < -0.39 is 35.8 Å². The van der Waals surface area contributed by atoms with Gasteiger partial charge in [0.05, 0.1) is 6.42 Å². The quantitative estimate of drug-likeness (QED) is 0.203. The Morgan fingerprint density at radius 3 is 2.27 bits per heavy atom. The van der Waals surface area contributed by atoms with E-state index in [1.54, 1.807) is 24.3 Å². The molecule has 0 heterocycles. The first kappa shape index (κ1) is 25.4. The lowest BCUT2D eigenvalue weighted by molar-refractivity contribution is -0.144. The van der Waals surface area contributed by atoms with Crippen molar-refractivity contribution in [3.05, 3.63) is 42.0 Å². The van der Waals surface area contributed by atoms with E-state index in [0.717, 1.165) is 25.7 Å². The number of hydrogen-bond acceptors (Lipinski definition) is 6. The molecular formula is C23H32O7. The van der Waals surface area contributed by atoms with Crippen molar-refractivity contribution in [1.29, 1.82) is 0 Å². The van der Waals surface area contributed by atoms with Crippen LogP contribution in [0.2, 0.25) is 0 Å². The maximum Gasteiger partial charge on any atom is 0.334 e. The highest BCUT2D eigenvalue weighted by Gasteiger charge is 2.25. The molecule has 7 heteroatoms. The summed E-state index contributed by atoms with van der Waals surface area (Å²) in [6.45, 7) is 8.38. The molecule has 0 aliphatic heterocycles. The molecule has 1 rings (SSSR count). The van der Waals surface area contributed by atoms with E-state index in [1.807, 2.05) is 0 Å². The van der Waals surface area contributed by atoms with Crippen LogP contribution < -0.4 is 4.74 Å². The van der Waals surface area contributed by atoms with Crippen LogP contribution >= 0.6 is 0 Å². The zero-order chi connectivity index (χ0) is 22.7. The number of esters is 1. The second-order valence-corrected chi connectivity index (χ2v) is 7.77. The zero-order valence-electron chi connectivity index (χ0n) is 18.0. The minimum absolute atomic E-state index is 0.0338. The van der Waals surface area contributed by atoms with E-state index in [4.69, 9.17) is 14.6 Å². The largest absolute Gasteiger partial charge is 0.487 e. The van der Waals surface area contributed by atoms with Crippen molar-refractivity contribution < 1.29 is 34.1 Å². The summed E-state index contributed by atoms with van der Waals surface area (Å²) in [5.74, 6) is -1.80. The molecule has 1 aromatic carbocycles. The Balaban J connectivity index is 2.75. The van der Waals surface area contributed by atoms with Crippen LogP contribution in [0.15, 0.2) is 36.4 Å².